The number of fused-ring (bicyclic) bond motifs is 3. The third-order valence-corrected chi connectivity index (χ3v) is 5.23. The summed E-state index contributed by atoms with van der Waals surface area (Å²) in [5.74, 6) is 0.901. The van der Waals surface area contributed by atoms with Crippen LogP contribution in [-0.4, -0.2) is 42.6 Å². The molecule has 1 atom stereocenters. The highest BCUT2D eigenvalue weighted by atomic mass is 16.1. The Morgan fingerprint density at radius 2 is 2.12 bits per heavy atom. The van der Waals surface area contributed by atoms with Crippen LogP contribution in [0.5, 0.6) is 0 Å². The summed E-state index contributed by atoms with van der Waals surface area (Å²) in [6.07, 6.45) is 2.80. The highest BCUT2D eigenvalue weighted by molar-refractivity contribution is 5.81. The Morgan fingerprint density at radius 3 is 2.88 bits per heavy atom. The zero-order valence-corrected chi connectivity index (χ0v) is 15.0. The predicted molar refractivity (Wildman–Crippen MR) is 97.7 cm³/mol. The molecule has 8 heteroatoms. The first kappa shape index (κ1) is 16.7. The van der Waals surface area contributed by atoms with Crippen molar-refractivity contribution in [2.24, 2.45) is 12.8 Å². The fraction of sp³-hybridized carbons (Fsp3) is 0.444. The summed E-state index contributed by atoms with van der Waals surface area (Å²) in [5, 5.41) is 9.17. The van der Waals surface area contributed by atoms with Crippen LogP contribution < -0.4 is 11.3 Å². The van der Waals surface area contributed by atoms with Gasteiger partial charge in [-0.1, -0.05) is 18.1 Å². The second-order valence-electron chi connectivity index (χ2n) is 7.02. The van der Waals surface area contributed by atoms with E-state index in [4.69, 9.17) is 5.73 Å². The van der Waals surface area contributed by atoms with Crippen molar-refractivity contribution < 1.29 is 4.79 Å². The van der Waals surface area contributed by atoms with Gasteiger partial charge in [0.1, 0.15) is 0 Å². The van der Waals surface area contributed by atoms with Gasteiger partial charge in [0.15, 0.2) is 5.82 Å². The van der Waals surface area contributed by atoms with Gasteiger partial charge in [-0.15, -0.1) is 10.2 Å². The number of hydrogen-bond acceptors (Lipinski definition) is 5. The van der Waals surface area contributed by atoms with E-state index in [9.17, 15) is 9.59 Å². The van der Waals surface area contributed by atoms with Crippen LogP contribution >= 0.6 is 0 Å². The third kappa shape index (κ3) is 2.57. The molecular formula is C18H22N6O2. The number of aryl methyl sites for hydroxylation is 2. The number of benzene rings is 1. The van der Waals surface area contributed by atoms with E-state index in [0.717, 1.165) is 36.9 Å². The van der Waals surface area contributed by atoms with Crippen molar-refractivity contribution >= 4 is 22.6 Å². The molecule has 3 heterocycles. The van der Waals surface area contributed by atoms with Gasteiger partial charge in [0.2, 0.25) is 11.7 Å². The van der Waals surface area contributed by atoms with Crippen LogP contribution in [0.2, 0.25) is 0 Å². The Morgan fingerprint density at radius 1 is 1.31 bits per heavy atom. The molecule has 1 aromatic carbocycles. The third-order valence-electron chi connectivity index (χ3n) is 5.23. The number of rotatable bonds is 3. The SMILES string of the molecule is Cc1ccc2c(c1)c(=O)n(C)c1nnc(CN3CCCCC3C(N)=O)n21. The summed E-state index contributed by atoms with van der Waals surface area (Å²) in [7, 11) is 1.70. The first-order valence-electron chi connectivity index (χ1n) is 8.84. The maximum absolute atomic E-state index is 12.6. The molecule has 1 saturated heterocycles. The molecule has 1 fully saturated rings. The minimum absolute atomic E-state index is 0.0943. The number of hydrogen-bond donors (Lipinski definition) is 1. The van der Waals surface area contributed by atoms with E-state index >= 15 is 0 Å². The molecule has 2 N–H and O–H groups in total. The molecule has 1 amide bonds. The van der Waals surface area contributed by atoms with Gasteiger partial charge in [-0.05, 0) is 38.4 Å². The largest absolute Gasteiger partial charge is 0.368 e. The number of nitrogens with zero attached hydrogens (tertiary/aromatic N) is 5. The highest BCUT2D eigenvalue weighted by Crippen LogP contribution is 2.21. The number of carbonyl (C=O) groups is 1. The molecule has 26 heavy (non-hydrogen) atoms. The minimum atomic E-state index is -0.300. The Kier molecular flexibility index (Phi) is 3.99. The van der Waals surface area contributed by atoms with Gasteiger partial charge in [0.05, 0.1) is 23.5 Å². The van der Waals surface area contributed by atoms with Crippen LogP contribution in [-0.2, 0) is 18.4 Å². The zero-order chi connectivity index (χ0) is 18.4. The summed E-state index contributed by atoms with van der Waals surface area (Å²) >= 11 is 0. The molecule has 0 bridgehead atoms. The van der Waals surface area contributed by atoms with Crippen molar-refractivity contribution in [1.82, 2.24) is 24.1 Å². The van der Waals surface area contributed by atoms with E-state index in [0.29, 0.717) is 23.5 Å². The zero-order valence-electron chi connectivity index (χ0n) is 15.0. The van der Waals surface area contributed by atoms with Crippen LogP contribution in [0.1, 0.15) is 30.7 Å². The second-order valence-corrected chi connectivity index (χ2v) is 7.02. The van der Waals surface area contributed by atoms with Gasteiger partial charge >= 0.3 is 0 Å². The average molecular weight is 354 g/mol. The number of likely N-dealkylation sites (tertiary alicyclic amines) is 1. The first-order valence-corrected chi connectivity index (χ1v) is 8.84. The second kappa shape index (κ2) is 6.21. The Hall–Kier alpha value is -2.74. The molecule has 0 aliphatic carbocycles. The molecule has 1 unspecified atom stereocenters. The molecule has 4 rings (SSSR count). The minimum Gasteiger partial charge on any atom is -0.368 e. The standard InChI is InChI=1S/C18H22N6O2/c1-11-6-7-13-12(9-11)17(26)22(2)18-21-20-15(24(13)18)10-23-8-4-3-5-14(23)16(19)25/h6-7,9,14H,3-5,8,10H2,1-2H3,(H2,19,25). The fourth-order valence-electron chi connectivity index (χ4n) is 3.85. The van der Waals surface area contributed by atoms with Gasteiger partial charge < -0.3 is 5.73 Å². The van der Waals surface area contributed by atoms with Gasteiger partial charge in [-0.25, -0.2) is 0 Å². The van der Waals surface area contributed by atoms with Crippen LogP contribution in [0.4, 0.5) is 0 Å². The van der Waals surface area contributed by atoms with Gasteiger partial charge in [-0.2, -0.15) is 0 Å². The number of primary amides is 1. The van der Waals surface area contributed by atoms with E-state index in [1.165, 1.54) is 4.57 Å². The summed E-state index contributed by atoms with van der Waals surface area (Å²) in [4.78, 5) is 26.5. The number of nitrogens with two attached hydrogens (primary N) is 1. The summed E-state index contributed by atoms with van der Waals surface area (Å²) in [6.45, 7) is 3.22. The predicted octanol–water partition coefficient (Wildman–Crippen LogP) is 0.729. The molecule has 136 valence electrons. The smallest absolute Gasteiger partial charge is 0.262 e. The topological polar surface area (TPSA) is 98.5 Å². The molecule has 8 nitrogen and oxygen atoms in total. The molecule has 0 saturated carbocycles. The first-order chi connectivity index (χ1) is 12.5. The number of carbonyl (C=O) groups excluding carboxylic acids is 1. The number of piperidine rings is 1. The lowest BCUT2D eigenvalue weighted by Gasteiger charge is -2.32. The molecule has 0 radical (unpaired) electrons. The number of amides is 1. The average Bonchev–Trinajstić information content (AvgIpc) is 3.04. The van der Waals surface area contributed by atoms with Crippen molar-refractivity contribution in [2.45, 2.75) is 38.8 Å². The molecular weight excluding hydrogens is 332 g/mol. The Balaban J connectivity index is 1.87. The summed E-state index contributed by atoms with van der Waals surface area (Å²) < 4.78 is 3.42. The van der Waals surface area contributed by atoms with Gasteiger partial charge in [-0.3, -0.25) is 23.5 Å². The lowest BCUT2D eigenvalue weighted by molar-refractivity contribution is -0.124. The van der Waals surface area contributed by atoms with Crippen LogP contribution in [0.15, 0.2) is 23.0 Å². The van der Waals surface area contributed by atoms with E-state index in [1.54, 1.807) is 7.05 Å². The highest BCUT2D eigenvalue weighted by Gasteiger charge is 2.28. The lowest BCUT2D eigenvalue weighted by Crippen LogP contribution is -2.47. The van der Waals surface area contributed by atoms with Crippen molar-refractivity contribution in [3.8, 4) is 0 Å². The Labute approximate surface area is 150 Å². The fourth-order valence-corrected chi connectivity index (χ4v) is 3.85. The van der Waals surface area contributed by atoms with E-state index in [1.807, 2.05) is 29.5 Å². The van der Waals surface area contributed by atoms with E-state index < -0.39 is 0 Å². The molecule has 0 spiro atoms. The quantitative estimate of drug-likeness (QED) is 0.748. The summed E-state index contributed by atoms with van der Waals surface area (Å²) in [5.41, 5.74) is 7.29. The van der Waals surface area contributed by atoms with Gasteiger partial charge in [0.25, 0.3) is 5.56 Å². The summed E-state index contributed by atoms with van der Waals surface area (Å²) in [6, 6.07) is 5.50. The molecule has 1 aliphatic rings. The molecule has 2 aromatic heterocycles. The van der Waals surface area contributed by atoms with Crippen molar-refractivity contribution in [1.29, 1.82) is 0 Å². The van der Waals surface area contributed by atoms with Crippen molar-refractivity contribution in [2.75, 3.05) is 6.54 Å². The van der Waals surface area contributed by atoms with E-state index in [2.05, 4.69) is 15.1 Å². The molecule has 3 aromatic rings. The van der Waals surface area contributed by atoms with Crippen molar-refractivity contribution in [3.63, 3.8) is 0 Å². The maximum atomic E-state index is 12.6. The lowest BCUT2D eigenvalue weighted by atomic mass is 10.0. The normalized spacial score (nSPS) is 18.6. The van der Waals surface area contributed by atoms with Crippen LogP contribution in [0, 0.1) is 6.92 Å². The Bertz CT molecular complexity index is 1070. The number of aromatic nitrogens is 4. The van der Waals surface area contributed by atoms with Crippen LogP contribution in [0.3, 0.4) is 0 Å². The van der Waals surface area contributed by atoms with E-state index in [-0.39, 0.29) is 17.5 Å². The van der Waals surface area contributed by atoms with Gasteiger partial charge in [0, 0.05) is 7.05 Å². The monoisotopic (exact) mass is 354 g/mol. The van der Waals surface area contributed by atoms with Crippen molar-refractivity contribution in [3.05, 3.63) is 39.9 Å². The molecule has 1 aliphatic heterocycles. The van der Waals surface area contributed by atoms with Crippen LogP contribution in [0.25, 0.3) is 16.7 Å². The maximum Gasteiger partial charge on any atom is 0.262 e.